The third kappa shape index (κ3) is 4.40. The van der Waals surface area contributed by atoms with E-state index in [4.69, 9.17) is 17.3 Å². The number of hydrogen-bond donors (Lipinski definition) is 2. The van der Waals surface area contributed by atoms with E-state index >= 15 is 0 Å². The predicted molar refractivity (Wildman–Crippen MR) is 75.8 cm³/mol. The normalized spacial score (nSPS) is 13.0. The summed E-state index contributed by atoms with van der Waals surface area (Å²) in [6, 6.07) is 3.94. The number of hydrogen-bond acceptors (Lipinski definition) is 4. The van der Waals surface area contributed by atoms with Crippen LogP contribution in [0.3, 0.4) is 0 Å². The maximum Gasteiger partial charge on any atom is 0.235 e. The first-order valence-corrected chi connectivity index (χ1v) is 7.86. The predicted octanol–water partition coefficient (Wildman–Crippen LogP) is 1.61. The van der Waals surface area contributed by atoms with Crippen LogP contribution in [0.25, 0.3) is 0 Å². The molecule has 0 aliphatic rings. The van der Waals surface area contributed by atoms with E-state index in [1.165, 1.54) is 18.2 Å². The van der Waals surface area contributed by atoms with Crippen molar-refractivity contribution in [1.29, 1.82) is 0 Å². The van der Waals surface area contributed by atoms with Gasteiger partial charge in [-0.2, -0.15) is 0 Å². The van der Waals surface area contributed by atoms with Gasteiger partial charge in [0.2, 0.25) is 5.91 Å². The molecule has 0 aromatic heterocycles. The number of carbonyl (C=O) groups excluding carboxylic acids is 1. The molecule has 3 N–H and O–H groups in total. The quantitative estimate of drug-likeness (QED) is 0.809. The molecule has 0 saturated heterocycles. The number of benzene rings is 1. The van der Waals surface area contributed by atoms with Crippen LogP contribution < -0.4 is 11.1 Å². The van der Waals surface area contributed by atoms with Crippen molar-refractivity contribution in [1.82, 2.24) is 5.32 Å². The number of rotatable bonds is 5. The molecule has 1 unspecified atom stereocenters. The fourth-order valence-corrected chi connectivity index (χ4v) is 2.79. The van der Waals surface area contributed by atoms with Gasteiger partial charge in [-0.1, -0.05) is 18.5 Å². The molecule has 0 fully saturated rings. The molecule has 106 valence electrons. The van der Waals surface area contributed by atoms with Crippen molar-refractivity contribution in [3.05, 3.63) is 23.2 Å². The molecule has 0 bridgehead atoms. The maximum absolute atomic E-state index is 12.0. The Labute approximate surface area is 118 Å². The van der Waals surface area contributed by atoms with Gasteiger partial charge in [-0.15, -0.1) is 0 Å². The largest absolute Gasteiger partial charge is 0.398 e. The molecular weight excluding hydrogens is 288 g/mol. The highest BCUT2D eigenvalue weighted by Crippen LogP contribution is 2.23. The number of amides is 1. The lowest BCUT2D eigenvalue weighted by Gasteiger charge is -2.11. The lowest BCUT2D eigenvalue weighted by Crippen LogP contribution is -2.36. The summed E-state index contributed by atoms with van der Waals surface area (Å²) in [5.74, 6) is -1.13. The van der Waals surface area contributed by atoms with Crippen LogP contribution in [0.2, 0.25) is 5.02 Å². The summed E-state index contributed by atoms with van der Waals surface area (Å²) in [6.45, 7) is 3.71. The van der Waals surface area contributed by atoms with Gasteiger partial charge in [0.05, 0.1) is 15.6 Å². The Hall–Kier alpha value is -1.27. The Kier molecular flexibility index (Phi) is 5.20. The lowest BCUT2D eigenvalue weighted by atomic mass is 10.3. The van der Waals surface area contributed by atoms with Crippen LogP contribution >= 0.6 is 11.6 Å². The van der Waals surface area contributed by atoms with E-state index in [2.05, 4.69) is 5.32 Å². The molecule has 19 heavy (non-hydrogen) atoms. The number of carbonyl (C=O) groups is 1. The molecule has 0 spiro atoms. The zero-order valence-electron chi connectivity index (χ0n) is 10.8. The SMILES string of the molecule is CCC(C)NC(=O)CS(=O)(=O)c1ccc(N)c(Cl)c1. The summed E-state index contributed by atoms with van der Waals surface area (Å²) < 4.78 is 24.0. The molecule has 1 aromatic rings. The number of nitrogens with two attached hydrogens (primary N) is 1. The average Bonchev–Trinajstić information content (AvgIpc) is 2.31. The van der Waals surface area contributed by atoms with E-state index in [1.54, 1.807) is 0 Å². The Bertz CT molecular complexity index is 572. The van der Waals surface area contributed by atoms with E-state index < -0.39 is 21.5 Å². The molecule has 0 heterocycles. The first-order valence-electron chi connectivity index (χ1n) is 5.83. The van der Waals surface area contributed by atoms with Crippen molar-refractivity contribution >= 4 is 33.0 Å². The first-order chi connectivity index (χ1) is 8.76. The van der Waals surface area contributed by atoms with Crippen molar-refractivity contribution in [3.8, 4) is 0 Å². The average molecular weight is 305 g/mol. The summed E-state index contributed by atoms with van der Waals surface area (Å²) in [6.07, 6.45) is 0.736. The van der Waals surface area contributed by atoms with Crippen LogP contribution in [0.4, 0.5) is 5.69 Å². The van der Waals surface area contributed by atoms with Gasteiger partial charge in [0.25, 0.3) is 0 Å². The molecule has 1 aromatic carbocycles. The highest BCUT2D eigenvalue weighted by atomic mass is 35.5. The number of nitrogens with one attached hydrogen (secondary N) is 1. The maximum atomic E-state index is 12.0. The fourth-order valence-electron chi connectivity index (χ4n) is 1.38. The number of sulfone groups is 1. The summed E-state index contributed by atoms with van der Waals surface area (Å²) in [7, 11) is -3.70. The van der Waals surface area contributed by atoms with Gasteiger partial charge in [0.15, 0.2) is 9.84 Å². The van der Waals surface area contributed by atoms with Crippen LogP contribution in [0.5, 0.6) is 0 Å². The molecule has 1 amide bonds. The number of nitrogen functional groups attached to an aromatic ring is 1. The second-order valence-electron chi connectivity index (χ2n) is 4.32. The van der Waals surface area contributed by atoms with Gasteiger partial charge in [0.1, 0.15) is 5.75 Å². The van der Waals surface area contributed by atoms with Crippen molar-refractivity contribution in [2.45, 2.75) is 31.2 Å². The van der Waals surface area contributed by atoms with Gasteiger partial charge in [0, 0.05) is 6.04 Å². The molecule has 7 heteroatoms. The van der Waals surface area contributed by atoms with E-state index in [0.717, 1.165) is 6.42 Å². The first kappa shape index (κ1) is 15.8. The minimum atomic E-state index is -3.70. The Morgan fingerprint density at radius 3 is 2.63 bits per heavy atom. The van der Waals surface area contributed by atoms with Crippen LogP contribution in [0, 0.1) is 0 Å². The summed E-state index contributed by atoms with van der Waals surface area (Å²) in [5, 5.41) is 2.76. The molecule has 0 aliphatic carbocycles. The summed E-state index contributed by atoms with van der Waals surface area (Å²) in [5.41, 5.74) is 5.81. The smallest absolute Gasteiger partial charge is 0.235 e. The molecule has 5 nitrogen and oxygen atoms in total. The van der Waals surface area contributed by atoms with Gasteiger partial charge < -0.3 is 11.1 Å². The third-order valence-electron chi connectivity index (χ3n) is 2.67. The molecule has 1 atom stereocenters. The van der Waals surface area contributed by atoms with E-state index in [-0.39, 0.29) is 16.0 Å². The van der Waals surface area contributed by atoms with E-state index in [1.807, 2.05) is 13.8 Å². The molecule has 1 rings (SSSR count). The fraction of sp³-hybridized carbons (Fsp3) is 0.417. The van der Waals surface area contributed by atoms with E-state index in [0.29, 0.717) is 5.69 Å². The number of halogens is 1. The van der Waals surface area contributed by atoms with Gasteiger partial charge in [-0.25, -0.2) is 8.42 Å². The zero-order valence-corrected chi connectivity index (χ0v) is 12.4. The Balaban J connectivity index is 2.86. The molecular formula is C12H17ClN2O3S. The third-order valence-corrected chi connectivity index (χ3v) is 4.61. The van der Waals surface area contributed by atoms with Gasteiger partial charge in [-0.05, 0) is 31.5 Å². The minimum absolute atomic E-state index is 0.00833. The topological polar surface area (TPSA) is 89.3 Å². The highest BCUT2D eigenvalue weighted by Gasteiger charge is 2.20. The molecule has 0 saturated carbocycles. The van der Waals surface area contributed by atoms with Gasteiger partial charge >= 0.3 is 0 Å². The monoisotopic (exact) mass is 304 g/mol. The zero-order chi connectivity index (χ0) is 14.6. The van der Waals surface area contributed by atoms with Crippen LogP contribution in [-0.4, -0.2) is 26.1 Å². The van der Waals surface area contributed by atoms with Crippen molar-refractivity contribution in [2.24, 2.45) is 0 Å². The Morgan fingerprint density at radius 1 is 1.47 bits per heavy atom. The van der Waals surface area contributed by atoms with Crippen LogP contribution in [0.1, 0.15) is 20.3 Å². The number of anilines is 1. The summed E-state index contributed by atoms with van der Waals surface area (Å²) >= 11 is 5.77. The second-order valence-corrected chi connectivity index (χ2v) is 6.72. The van der Waals surface area contributed by atoms with Crippen LogP contribution in [0.15, 0.2) is 23.1 Å². The summed E-state index contributed by atoms with van der Waals surface area (Å²) in [4.78, 5) is 11.6. The minimum Gasteiger partial charge on any atom is -0.398 e. The van der Waals surface area contributed by atoms with Crippen molar-refractivity contribution in [3.63, 3.8) is 0 Å². The standard InChI is InChI=1S/C12H17ClN2O3S/c1-3-8(2)15-12(16)7-19(17,18)9-4-5-11(14)10(13)6-9/h4-6,8H,3,7,14H2,1-2H3,(H,15,16). The highest BCUT2D eigenvalue weighted by molar-refractivity contribution is 7.92. The second kappa shape index (κ2) is 6.25. The van der Waals surface area contributed by atoms with Gasteiger partial charge in [-0.3, -0.25) is 4.79 Å². The lowest BCUT2D eigenvalue weighted by molar-refractivity contribution is -0.119. The Morgan fingerprint density at radius 2 is 2.11 bits per heavy atom. The van der Waals surface area contributed by atoms with E-state index in [9.17, 15) is 13.2 Å². The van der Waals surface area contributed by atoms with Crippen molar-refractivity contribution in [2.75, 3.05) is 11.5 Å². The van der Waals surface area contributed by atoms with Crippen molar-refractivity contribution < 1.29 is 13.2 Å². The van der Waals surface area contributed by atoms with Crippen LogP contribution in [-0.2, 0) is 14.6 Å². The molecule has 0 aliphatic heterocycles. The molecule has 0 radical (unpaired) electrons.